The van der Waals surface area contributed by atoms with Gasteiger partial charge >= 0.3 is 0 Å². The molecule has 1 aliphatic rings. The lowest BCUT2D eigenvalue weighted by Crippen LogP contribution is -2.33. The van der Waals surface area contributed by atoms with Crippen molar-refractivity contribution >= 4 is 29.5 Å². The van der Waals surface area contributed by atoms with Gasteiger partial charge in [0.15, 0.2) is 0 Å². The number of anilines is 2. The van der Waals surface area contributed by atoms with Gasteiger partial charge in [-0.15, -0.1) is 12.4 Å². The van der Waals surface area contributed by atoms with Crippen LogP contribution in [0.4, 0.5) is 17.1 Å². The molecule has 23 heavy (non-hydrogen) atoms. The monoisotopic (exact) mass is 335 g/mol. The Labute approximate surface area is 140 Å². The number of ether oxygens (including phenoxy) is 1. The van der Waals surface area contributed by atoms with E-state index in [9.17, 15) is 10.1 Å². The van der Waals surface area contributed by atoms with Crippen LogP contribution in [0, 0.1) is 10.1 Å². The van der Waals surface area contributed by atoms with Crippen LogP contribution < -0.4 is 15.0 Å². The molecule has 0 atom stereocenters. The summed E-state index contributed by atoms with van der Waals surface area (Å²) in [7, 11) is 1.58. The average molecular weight is 336 g/mol. The summed E-state index contributed by atoms with van der Waals surface area (Å²) in [6.07, 6.45) is 0. The quantitative estimate of drug-likeness (QED) is 0.684. The van der Waals surface area contributed by atoms with Crippen molar-refractivity contribution in [2.24, 2.45) is 0 Å². The van der Waals surface area contributed by atoms with Crippen LogP contribution in [0.25, 0.3) is 0 Å². The van der Waals surface area contributed by atoms with Crippen LogP contribution in [0.2, 0.25) is 0 Å². The Bertz CT molecular complexity index is 709. The van der Waals surface area contributed by atoms with Crippen LogP contribution in [0.3, 0.4) is 0 Å². The highest BCUT2D eigenvalue weighted by molar-refractivity contribution is 5.85. The number of hydrogen-bond donors (Lipinski definition) is 1. The summed E-state index contributed by atoms with van der Waals surface area (Å²) in [4.78, 5) is 12.8. The molecule has 1 N–H and O–H groups in total. The number of nitro benzene ring substituents is 1. The zero-order valence-electron chi connectivity index (χ0n) is 12.7. The number of halogens is 1. The number of nitrogens with one attached hydrogen (secondary N) is 1. The molecule has 0 aromatic heterocycles. The molecule has 0 aliphatic carbocycles. The maximum Gasteiger partial charge on any atom is 0.270 e. The number of nitro groups is 1. The zero-order chi connectivity index (χ0) is 15.5. The Morgan fingerprint density at radius 1 is 1.30 bits per heavy atom. The third-order valence-corrected chi connectivity index (χ3v) is 3.78. The zero-order valence-corrected chi connectivity index (χ0v) is 13.5. The van der Waals surface area contributed by atoms with Crippen LogP contribution in [0.1, 0.15) is 5.56 Å². The summed E-state index contributed by atoms with van der Waals surface area (Å²) < 4.78 is 5.34. The first kappa shape index (κ1) is 16.9. The van der Waals surface area contributed by atoms with E-state index >= 15 is 0 Å². The summed E-state index contributed by atoms with van der Waals surface area (Å²) >= 11 is 0. The first-order chi connectivity index (χ1) is 10.7. The molecule has 2 aromatic carbocycles. The fourth-order valence-corrected chi connectivity index (χ4v) is 2.72. The number of hydrogen-bond acceptors (Lipinski definition) is 5. The van der Waals surface area contributed by atoms with E-state index in [1.165, 1.54) is 6.07 Å². The van der Waals surface area contributed by atoms with Gasteiger partial charge in [-0.2, -0.15) is 0 Å². The maximum absolute atomic E-state index is 11.0. The molecule has 1 heterocycles. The molecule has 0 fully saturated rings. The molecule has 0 spiro atoms. The lowest BCUT2D eigenvalue weighted by molar-refractivity contribution is -0.384. The fraction of sp³-hybridized carbons (Fsp3) is 0.250. The van der Waals surface area contributed by atoms with Gasteiger partial charge in [0.05, 0.1) is 23.4 Å². The maximum atomic E-state index is 11.0. The number of nitrogens with zero attached hydrogens (tertiary/aromatic N) is 2. The third kappa shape index (κ3) is 3.48. The van der Waals surface area contributed by atoms with Crippen LogP contribution in [0.5, 0.6) is 5.75 Å². The number of fused-ring (bicyclic) bond motifs is 1. The minimum atomic E-state index is -0.380. The van der Waals surface area contributed by atoms with E-state index < -0.39 is 0 Å². The summed E-state index contributed by atoms with van der Waals surface area (Å²) in [5.41, 5.74) is 3.08. The van der Waals surface area contributed by atoms with Crippen LogP contribution in [-0.2, 0) is 6.54 Å². The Morgan fingerprint density at radius 2 is 2.09 bits per heavy atom. The minimum Gasteiger partial charge on any atom is -0.496 e. The molecule has 3 rings (SSSR count). The topological polar surface area (TPSA) is 67.6 Å². The van der Waals surface area contributed by atoms with Crippen molar-refractivity contribution in [2.75, 3.05) is 30.4 Å². The second-order valence-corrected chi connectivity index (χ2v) is 5.12. The van der Waals surface area contributed by atoms with Gasteiger partial charge in [0, 0.05) is 37.3 Å². The largest absolute Gasteiger partial charge is 0.496 e. The van der Waals surface area contributed by atoms with Crippen LogP contribution >= 0.6 is 12.4 Å². The van der Waals surface area contributed by atoms with E-state index in [4.69, 9.17) is 4.74 Å². The van der Waals surface area contributed by atoms with Gasteiger partial charge in [-0.1, -0.05) is 12.1 Å². The molecular formula is C16H18ClN3O3. The molecular weight excluding hydrogens is 318 g/mol. The molecule has 2 aromatic rings. The van der Waals surface area contributed by atoms with Crippen molar-refractivity contribution in [2.45, 2.75) is 6.54 Å². The standard InChI is InChI=1S/C16H17N3O3.ClH/c1-22-16-7-6-13(19(20)21)10-12(16)11-18-9-8-17-14-4-2-3-5-15(14)18;/h2-7,10,17H,8-9,11H2,1H3;1H. The van der Waals surface area contributed by atoms with Crippen LogP contribution in [-0.4, -0.2) is 25.1 Å². The van der Waals surface area contributed by atoms with E-state index in [2.05, 4.69) is 10.2 Å². The van der Waals surface area contributed by atoms with E-state index in [0.29, 0.717) is 12.3 Å². The number of benzene rings is 2. The highest BCUT2D eigenvalue weighted by atomic mass is 35.5. The van der Waals surface area contributed by atoms with Gasteiger partial charge in [0.1, 0.15) is 5.75 Å². The van der Waals surface area contributed by atoms with Crippen molar-refractivity contribution in [1.82, 2.24) is 0 Å². The lowest BCUT2D eigenvalue weighted by Gasteiger charge is -2.32. The SMILES string of the molecule is COc1ccc([N+](=O)[O-])cc1CN1CCNc2ccccc21.Cl. The van der Waals surface area contributed by atoms with Crippen molar-refractivity contribution in [3.8, 4) is 5.75 Å². The summed E-state index contributed by atoms with van der Waals surface area (Å²) in [5.74, 6) is 0.668. The summed E-state index contributed by atoms with van der Waals surface area (Å²) in [6, 6.07) is 12.8. The van der Waals surface area contributed by atoms with Gasteiger partial charge in [-0.3, -0.25) is 10.1 Å². The van der Waals surface area contributed by atoms with Gasteiger partial charge in [-0.25, -0.2) is 0 Å². The molecule has 1 aliphatic heterocycles. The molecule has 0 bridgehead atoms. The Morgan fingerprint density at radius 3 is 2.83 bits per heavy atom. The molecule has 122 valence electrons. The van der Waals surface area contributed by atoms with Gasteiger partial charge in [0.2, 0.25) is 0 Å². The predicted octanol–water partition coefficient (Wildman–Crippen LogP) is 3.46. The molecule has 0 radical (unpaired) electrons. The fourth-order valence-electron chi connectivity index (χ4n) is 2.72. The molecule has 0 amide bonds. The first-order valence-electron chi connectivity index (χ1n) is 7.08. The molecule has 0 saturated carbocycles. The van der Waals surface area contributed by atoms with Crippen LogP contribution in [0.15, 0.2) is 42.5 Å². The number of non-ortho nitro benzene ring substituents is 1. The minimum absolute atomic E-state index is 0. The second kappa shape index (κ2) is 7.19. The molecule has 6 nitrogen and oxygen atoms in total. The molecule has 0 saturated heterocycles. The Balaban J connectivity index is 0.00000192. The van der Waals surface area contributed by atoms with Gasteiger partial charge < -0.3 is 15.0 Å². The summed E-state index contributed by atoms with van der Waals surface area (Å²) in [5, 5.41) is 14.3. The van der Waals surface area contributed by atoms with E-state index in [-0.39, 0.29) is 23.0 Å². The van der Waals surface area contributed by atoms with E-state index in [0.717, 1.165) is 30.0 Å². The van der Waals surface area contributed by atoms with Gasteiger partial charge in [-0.05, 0) is 18.2 Å². The van der Waals surface area contributed by atoms with Crippen molar-refractivity contribution < 1.29 is 9.66 Å². The highest BCUT2D eigenvalue weighted by Crippen LogP contribution is 2.32. The molecule has 0 unspecified atom stereocenters. The smallest absolute Gasteiger partial charge is 0.270 e. The van der Waals surface area contributed by atoms with Crippen molar-refractivity contribution in [1.29, 1.82) is 0 Å². The lowest BCUT2D eigenvalue weighted by atomic mass is 10.1. The predicted molar refractivity (Wildman–Crippen MR) is 92.9 cm³/mol. The number of para-hydroxylation sites is 2. The number of rotatable bonds is 4. The highest BCUT2D eigenvalue weighted by Gasteiger charge is 2.19. The summed E-state index contributed by atoms with van der Waals surface area (Å²) in [6.45, 7) is 2.25. The van der Waals surface area contributed by atoms with Gasteiger partial charge in [0.25, 0.3) is 5.69 Å². The second-order valence-electron chi connectivity index (χ2n) is 5.12. The number of methoxy groups -OCH3 is 1. The van der Waals surface area contributed by atoms with E-state index in [1.54, 1.807) is 19.2 Å². The van der Waals surface area contributed by atoms with E-state index in [1.807, 2.05) is 24.3 Å². The normalized spacial score (nSPS) is 12.7. The first-order valence-corrected chi connectivity index (χ1v) is 7.08. The van der Waals surface area contributed by atoms with Crippen molar-refractivity contribution in [3.05, 3.63) is 58.1 Å². The van der Waals surface area contributed by atoms with Crippen molar-refractivity contribution in [3.63, 3.8) is 0 Å². The average Bonchev–Trinajstić information content (AvgIpc) is 2.55. The third-order valence-electron chi connectivity index (χ3n) is 3.78. The Kier molecular flexibility index (Phi) is 5.28. The Hall–Kier alpha value is -2.47. The molecule has 7 heteroatoms.